The van der Waals surface area contributed by atoms with Crippen molar-refractivity contribution in [1.82, 2.24) is 15.5 Å². The van der Waals surface area contributed by atoms with Gasteiger partial charge in [-0.3, -0.25) is 0 Å². The van der Waals surface area contributed by atoms with E-state index in [2.05, 4.69) is 29.4 Å². The normalized spacial score (nSPS) is 10.8. The van der Waals surface area contributed by atoms with Crippen molar-refractivity contribution in [3.8, 4) is 17.2 Å². The standard InChI is InChI=1S/C16H23N3O2/c1-3-11-20-14-8-5-7-13(12-14)16-19-18-15(21-16)9-6-10-17-4-2/h5,7-8,12,17H,3-4,6,9-11H2,1-2H3. The molecule has 1 N–H and O–H groups in total. The van der Waals surface area contributed by atoms with Gasteiger partial charge in [0.15, 0.2) is 0 Å². The molecule has 1 heterocycles. The largest absolute Gasteiger partial charge is 0.494 e. The van der Waals surface area contributed by atoms with Crippen LogP contribution >= 0.6 is 0 Å². The molecule has 0 amide bonds. The second-order valence-electron chi connectivity index (χ2n) is 4.83. The summed E-state index contributed by atoms with van der Waals surface area (Å²) in [4.78, 5) is 0. The summed E-state index contributed by atoms with van der Waals surface area (Å²) < 4.78 is 11.3. The van der Waals surface area contributed by atoms with Crippen LogP contribution in [0.4, 0.5) is 0 Å². The zero-order chi connectivity index (χ0) is 14.9. The first kappa shape index (κ1) is 15.5. The molecule has 5 nitrogen and oxygen atoms in total. The summed E-state index contributed by atoms with van der Waals surface area (Å²) in [5, 5.41) is 11.5. The number of aromatic nitrogens is 2. The van der Waals surface area contributed by atoms with Crippen molar-refractivity contribution in [2.24, 2.45) is 0 Å². The minimum absolute atomic E-state index is 0.551. The summed E-state index contributed by atoms with van der Waals surface area (Å²) in [6.07, 6.45) is 2.78. The highest BCUT2D eigenvalue weighted by molar-refractivity contribution is 5.55. The fourth-order valence-electron chi connectivity index (χ4n) is 1.95. The smallest absolute Gasteiger partial charge is 0.247 e. The van der Waals surface area contributed by atoms with Gasteiger partial charge in [0.1, 0.15) is 5.75 Å². The highest BCUT2D eigenvalue weighted by Crippen LogP contribution is 2.23. The van der Waals surface area contributed by atoms with Gasteiger partial charge in [-0.1, -0.05) is 19.9 Å². The van der Waals surface area contributed by atoms with Crippen molar-refractivity contribution in [2.75, 3.05) is 19.7 Å². The Morgan fingerprint density at radius 2 is 2.14 bits per heavy atom. The zero-order valence-corrected chi connectivity index (χ0v) is 12.8. The average Bonchev–Trinajstić information content (AvgIpc) is 2.99. The zero-order valence-electron chi connectivity index (χ0n) is 12.8. The second kappa shape index (κ2) is 8.42. The Hall–Kier alpha value is -1.88. The van der Waals surface area contributed by atoms with Crippen LogP contribution < -0.4 is 10.1 Å². The van der Waals surface area contributed by atoms with Crippen LogP contribution in [0.1, 0.15) is 32.6 Å². The van der Waals surface area contributed by atoms with E-state index in [1.807, 2.05) is 24.3 Å². The van der Waals surface area contributed by atoms with E-state index in [0.717, 1.165) is 43.7 Å². The van der Waals surface area contributed by atoms with Gasteiger partial charge in [0.05, 0.1) is 6.61 Å². The lowest BCUT2D eigenvalue weighted by Crippen LogP contribution is -2.14. The highest BCUT2D eigenvalue weighted by atomic mass is 16.5. The second-order valence-corrected chi connectivity index (χ2v) is 4.83. The van der Waals surface area contributed by atoms with Gasteiger partial charge in [0, 0.05) is 12.0 Å². The molecule has 114 valence electrons. The molecule has 0 bridgehead atoms. The number of hydrogen-bond acceptors (Lipinski definition) is 5. The first-order chi connectivity index (χ1) is 10.3. The van der Waals surface area contributed by atoms with Gasteiger partial charge in [0.2, 0.25) is 11.8 Å². The van der Waals surface area contributed by atoms with Crippen LogP contribution in [0.2, 0.25) is 0 Å². The third kappa shape index (κ3) is 4.86. The molecule has 2 aromatic rings. The quantitative estimate of drug-likeness (QED) is 0.719. The monoisotopic (exact) mass is 289 g/mol. The van der Waals surface area contributed by atoms with E-state index in [4.69, 9.17) is 9.15 Å². The summed E-state index contributed by atoms with van der Waals surface area (Å²) in [5.41, 5.74) is 0.897. The van der Waals surface area contributed by atoms with Crippen LogP contribution in [-0.2, 0) is 6.42 Å². The van der Waals surface area contributed by atoms with Gasteiger partial charge in [-0.15, -0.1) is 10.2 Å². The molecular formula is C16H23N3O2. The number of aryl methyl sites for hydroxylation is 1. The van der Waals surface area contributed by atoms with Gasteiger partial charge in [-0.2, -0.15) is 0 Å². The Balaban J connectivity index is 1.96. The van der Waals surface area contributed by atoms with E-state index in [9.17, 15) is 0 Å². The van der Waals surface area contributed by atoms with Gasteiger partial charge in [-0.05, 0) is 44.1 Å². The van der Waals surface area contributed by atoms with Gasteiger partial charge in [0.25, 0.3) is 0 Å². The third-order valence-corrected chi connectivity index (χ3v) is 3.01. The van der Waals surface area contributed by atoms with Crippen molar-refractivity contribution < 1.29 is 9.15 Å². The predicted molar refractivity (Wildman–Crippen MR) is 82.4 cm³/mol. The molecule has 0 fully saturated rings. The van der Waals surface area contributed by atoms with Gasteiger partial charge < -0.3 is 14.5 Å². The van der Waals surface area contributed by atoms with Crippen molar-refractivity contribution in [2.45, 2.75) is 33.1 Å². The number of rotatable bonds is 9. The lowest BCUT2D eigenvalue weighted by Gasteiger charge is -2.04. The molecule has 21 heavy (non-hydrogen) atoms. The van der Waals surface area contributed by atoms with Crippen molar-refractivity contribution in [3.05, 3.63) is 30.2 Å². The van der Waals surface area contributed by atoms with Crippen LogP contribution in [-0.4, -0.2) is 29.9 Å². The Bertz CT molecular complexity index is 540. The van der Waals surface area contributed by atoms with Crippen molar-refractivity contribution >= 4 is 0 Å². The van der Waals surface area contributed by atoms with Crippen LogP contribution in [0.3, 0.4) is 0 Å². The van der Waals surface area contributed by atoms with Crippen LogP contribution in [0, 0.1) is 0 Å². The minimum atomic E-state index is 0.551. The highest BCUT2D eigenvalue weighted by Gasteiger charge is 2.09. The maximum Gasteiger partial charge on any atom is 0.247 e. The predicted octanol–water partition coefficient (Wildman–Crippen LogP) is 3.07. The molecular weight excluding hydrogens is 266 g/mol. The van der Waals surface area contributed by atoms with Gasteiger partial charge in [-0.25, -0.2) is 0 Å². The lowest BCUT2D eigenvalue weighted by atomic mass is 10.2. The molecule has 0 aliphatic rings. The molecule has 0 aliphatic carbocycles. The fourth-order valence-corrected chi connectivity index (χ4v) is 1.95. The maximum atomic E-state index is 5.70. The first-order valence-electron chi connectivity index (χ1n) is 7.59. The fraction of sp³-hybridized carbons (Fsp3) is 0.500. The van der Waals surface area contributed by atoms with Gasteiger partial charge >= 0.3 is 0 Å². The van der Waals surface area contributed by atoms with E-state index in [-0.39, 0.29) is 0 Å². The van der Waals surface area contributed by atoms with E-state index >= 15 is 0 Å². The van der Waals surface area contributed by atoms with Crippen LogP contribution in [0.15, 0.2) is 28.7 Å². The Morgan fingerprint density at radius 1 is 1.24 bits per heavy atom. The molecule has 1 aromatic heterocycles. The summed E-state index contributed by atoms with van der Waals surface area (Å²) >= 11 is 0. The molecule has 0 aliphatic heterocycles. The van der Waals surface area contributed by atoms with E-state index in [1.54, 1.807) is 0 Å². The van der Waals surface area contributed by atoms with E-state index in [0.29, 0.717) is 18.4 Å². The Morgan fingerprint density at radius 3 is 2.95 bits per heavy atom. The van der Waals surface area contributed by atoms with Crippen LogP contribution in [0.25, 0.3) is 11.5 Å². The first-order valence-corrected chi connectivity index (χ1v) is 7.59. The minimum Gasteiger partial charge on any atom is -0.494 e. The Labute approximate surface area is 125 Å². The molecule has 0 saturated carbocycles. The molecule has 2 rings (SSSR count). The number of nitrogens with zero attached hydrogens (tertiary/aromatic N) is 2. The maximum absolute atomic E-state index is 5.70. The molecule has 0 unspecified atom stereocenters. The number of ether oxygens (including phenoxy) is 1. The summed E-state index contributed by atoms with van der Waals surface area (Å²) in [6.45, 7) is 6.84. The SMILES string of the molecule is CCCOc1cccc(-c2nnc(CCCNCC)o2)c1. The lowest BCUT2D eigenvalue weighted by molar-refractivity contribution is 0.317. The Kier molecular flexibility index (Phi) is 6.22. The summed E-state index contributed by atoms with van der Waals surface area (Å²) in [7, 11) is 0. The summed E-state index contributed by atoms with van der Waals surface area (Å²) in [6, 6.07) is 7.77. The molecule has 0 spiro atoms. The molecule has 0 atom stereocenters. The molecule has 0 radical (unpaired) electrons. The molecule has 5 heteroatoms. The van der Waals surface area contributed by atoms with Crippen molar-refractivity contribution in [1.29, 1.82) is 0 Å². The summed E-state index contributed by atoms with van der Waals surface area (Å²) in [5.74, 6) is 2.07. The van der Waals surface area contributed by atoms with E-state index < -0.39 is 0 Å². The third-order valence-electron chi connectivity index (χ3n) is 3.01. The average molecular weight is 289 g/mol. The molecule has 0 saturated heterocycles. The molecule has 1 aromatic carbocycles. The number of benzene rings is 1. The van der Waals surface area contributed by atoms with E-state index in [1.165, 1.54) is 0 Å². The van der Waals surface area contributed by atoms with Crippen LogP contribution in [0.5, 0.6) is 5.75 Å². The number of hydrogen-bond donors (Lipinski definition) is 1. The number of nitrogens with one attached hydrogen (secondary N) is 1. The van der Waals surface area contributed by atoms with Crippen molar-refractivity contribution in [3.63, 3.8) is 0 Å². The topological polar surface area (TPSA) is 60.2 Å².